The SMILES string of the molecule is Cc1cc(C)c(NC(=O)CN(C)C(=O)CN2C(=O)[C@@H]3[C@@H](C2=O)[C@H]2C=C[C@@H]3C2)c(C)c1. The van der Waals surface area contributed by atoms with Gasteiger partial charge in [-0.15, -0.1) is 0 Å². The third-order valence-electron chi connectivity index (χ3n) is 6.60. The van der Waals surface area contributed by atoms with E-state index in [-0.39, 0.29) is 54.5 Å². The second-order valence-corrected chi connectivity index (χ2v) is 8.83. The van der Waals surface area contributed by atoms with E-state index in [0.29, 0.717) is 0 Å². The molecule has 1 heterocycles. The minimum absolute atomic E-state index is 0.112. The van der Waals surface area contributed by atoms with Crippen LogP contribution in [-0.2, 0) is 19.2 Å². The number of aryl methyl sites for hydroxylation is 3. The lowest BCUT2D eigenvalue weighted by Crippen LogP contribution is -2.44. The van der Waals surface area contributed by atoms with Gasteiger partial charge in [0.05, 0.1) is 18.4 Å². The smallest absolute Gasteiger partial charge is 0.243 e. The Bertz CT molecular complexity index is 930. The van der Waals surface area contributed by atoms with Crippen molar-refractivity contribution in [3.8, 4) is 0 Å². The lowest BCUT2D eigenvalue weighted by atomic mass is 9.85. The molecule has 1 N–H and O–H groups in total. The lowest BCUT2D eigenvalue weighted by molar-refractivity contribution is -0.147. The van der Waals surface area contributed by atoms with E-state index in [1.54, 1.807) is 0 Å². The Balaban J connectivity index is 1.36. The van der Waals surface area contributed by atoms with E-state index in [4.69, 9.17) is 0 Å². The molecule has 4 atom stereocenters. The van der Waals surface area contributed by atoms with Crippen LogP contribution in [0.1, 0.15) is 23.1 Å². The Hall–Kier alpha value is -2.96. The number of imide groups is 1. The molecule has 0 unspecified atom stereocenters. The molecule has 1 aliphatic heterocycles. The fraction of sp³-hybridized carbons (Fsp3) is 0.478. The van der Waals surface area contributed by atoms with Crippen LogP contribution in [0.5, 0.6) is 0 Å². The minimum atomic E-state index is -0.426. The van der Waals surface area contributed by atoms with Gasteiger partial charge in [-0.2, -0.15) is 0 Å². The Morgan fingerprint density at radius 3 is 2.10 bits per heavy atom. The van der Waals surface area contributed by atoms with E-state index in [9.17, 15) is 19.2 Å². The van der Waals surface area contributed by atoms with E-state index in [0.717, 1.165) is 33.7 Å². The Labute approximate surface area is 176 Å². The average Bonchev–Trinajstić information content (AvgIpc) is 3.34. The molecule has 30 heavy (non-hydrogen) atoms. The molecule has 1 aromatic rings. The molecule has 7 heteroatoms. The number of nitrogens with one attached hydrogen (secondary N) is 1. The largest absolute Gasteiger partial charge is 0.335 e. The van der Waals surface area contributed by atoms with Gasteiger partial charge in [0.1, 0.15) is 6.54 Å². The predicted molar refractivity (Wildman–Crippen MR) is 111 cm³/mol. The molecule has 3 aliphatic rings. The van der Waals surface area contributed by atoms with Crippen LogP contribution in [-0.4, -0.2) is 53.6 Å². The highest BCUT2D eigenvalue weighted by atomic mass is 16.2. The summed E-state index contributed by atoms with van der Waals surface area (Å²) in [6.45, 7) is 5.38. The van der Waals surface area contributed by atoms with Crippen molar-refractivity contribution in [3.05, 3.63) is 41.0 Å². The number of benzene rings is 1. The van der Waals surface area contributed by atoms with Crippen molar-refractivity contribution in [2.24, 2.45) is 23.7 Å². The molecule has 7 nitrogen and oxygen atoms in total. The molecule has 0 radical (unpaired) electrons. The first-order chi connectivity index (χ1) is 14.2. The summed E-state index contributed by atoms with van der Waals surface area (Å²) >= 11 is 0. The summed E-state index contributed by atoms with van der Waals surface area (Å²) < 4.78 is 0. The zero-order valence-electron chi connectivity index (χ0n) is 17.8. The van der Waals surface area contributed by atoms with E-state index in [1.165, 1.54) is 11.9 Å². The Morgan fingerprint density at radius 2 is 1.57 bits per heavy atom. The number of hydrogen-bond donors (Lipinski definition) is 1. The highest BCUT2D eigenvalue weighted by Crippen LogP contribution is 2.52. The van der Waals surface area contributed by atoms with Gasteiger partial charge in [-0.1, -0.05) is 29.8 Å². The Morgan fingerprint density at radius 1 is 1.03 bits per heavy atom. The van der Waals surface area contributed by atoms with Crippen molar-refractivity contribution >= 4 is 29.3 Å². The molecule has 0 aromatic heterocycles. The molecular weight excluding hydrogens is 382 g/mol. The van der Waals surface area contributed by atoms with Crippen molar-refractivity contribution in [1.82, 2.24) is 9.80 Å². The second-order valence-electron chi connectivity index (χ2n) is 8.83. The quantitative estimate of drug-likeness (QED) is 0.594. The molecule has 2 fully saturated rings. The molecular formula is C23H27N3O4. The number of allylic oxidation sites excluding steroid dienone is 2. The Kier molecular flexibility index (Phi) is 5.00. The number of anilines is 1. The maximum atomic E-state index is 12.7. The van der Waals surface area contributed by atoms with Gasteiger partial charge in [0.15, 0.2) is 0 Å². The van der Waals surface area contributed by atoms with Crippen molar-refractivity contribution < 1.29 is 19.2 Å². The number of fused-ring (bicyclic) bond motifs is 5. The van der Waals surface area contributed by atoms with Crippen molar-refractivity contribution in [2.75, 3.05) is 25.5 Å². The fourth-order valence-corrected chi connectivity index (χ4v) is 5.24. The van der Waals surface area contributed by atoms with Gasteiger partial charge in [0.25, 0.3) is 0 Å². The summed E-state index contributed by atoms with van der Waals surface area (Å²) in [5.41, 5.74) is 3.77. The van der Waals surface area contributed by atoms with Gasteiger partial charge >= 0.3 is 0 Å². The van der Waals surface area contributed by atoms with E-state index >= 15 is 0 Å². The van der Waals surface area contributed by atoms with E-state index in [1.807, 2.05) is 45.1 Å². The topological polar surface area (TPSA) is 86.8 Å². The van der Waals surface area contributed by atoms with Crippen LogP contribution in [0.2, 0.25) is 0 Å². The van der Waals surface area contributed by atoms with Gasteiger partial charge in [-0.3, -0.25) is 24.1 Å². The first-order valence-corrected chi connectivity index (χ1v) is 10.3. The normalized spacial score (nSPS) is 26.3. The summed E-state index contributed by atoms with van der Waals surface area (Å²) in [4.78, 5) is 52.9. The number of nitrogens with zero attached hydrogens (tertiary/aromatic N) is 2. The number of amides is 4. The number of likely N-dealkylation sites (N-methyl/N-ethyl adjacent to an activating group) is 1. The lowest BCUT2D eigenvalue weighted by Gasteiger charge is -2.22. The summed E-state index contributed by atoms with van der Waals surface area (Å²) in [5, 5.41) is 2.87. The van der Waals surface area contributed by atoms with Gasteiger partial charge < -0.3 is 10.2 Å². The van der Waals surface area contributed by atoms with Gasteiger partial charge in [-0.25, -0.2) is 0 Å². The van der Waals surface area contributed by atoms with Gasteiger partial charge in [0, 0.05) is 12.7 Å². The maximum absolute atomic E-state index is 12.7. The molecule has 1 aromatic carbocycles. The summed E-state index contributed by atoms with van der Waals surface area (Å²) in [7, 11) is 1.51. The monoisotopic (exact) mass is 409 g/mol. The highest BCUT2D eigenvalue weighted by Gasteiger charge is 2.59. The van der Waals surface area contributed by atoms with E-state index in [2.05, 4.69) is 5.32 Å². The van der Waals surface area contributed by atoms with Crippen LogP contribution in [0.15, 0.2) is 24.3 Å². The van der Waals surface area contributed by atoms with Gasteiger partial charge in [-0.05, 0) is 50.2 Å². The number of carbonyl (C=O) groups is 4. The van der Waals surface area contributed by atoms with Crippen LogP contribution in [0.3, 0.4) is 0 Å². The molecule has 1 saturated heterocycles. The van der Waals surface area contributed by atoms with Crippen molar-refractivity contribution in [3.63, 3.8) is 0 Å². The predicted octanol–water partition coefficient (Wildman–Crippen LogP) is 1.82. The number of carbonyl (C=O) groups excluding carboxylic acids is 4. The first-order valence-electron chi connectivity index (χ1n) is 10.3. The molecule has 158 valence electrons. The van der Waals surface area contributed by atoms with Crippen molar-refractivity contribution in [1.29, 1.82) is 0 Å². The standard InChI is InChI=1S/C23H27N3O4/c1-12-7-13(2)21(14(3)8-12)24-17(27)10-25(4)18(28)11-26-22(29)19-15-5-6-16(9-15)20(19)23(26)30/h5-8,15-16,19-20H,9-11H2,1-4H3,(H,24,27)/t15-,16+,19-,20-/m0/s1. The molecule has 4 rings (SSSR count). The van der Waals surface area contributed by atoms with Crippen molar-refractivity contribution in [2.45, 2.75) is 27.2 Å². The van der Waals surface area contributed by atoms with Crippen LogP contribution < -0.4 is 5.32 Å². The van der Waals surface area contributed by atoms with Crippen LogP contribution >= 0.6 is 0 Å². The zero-order valence-corrected chi connectivity index (χ0v) is 17.8. The summed E-state index contributed by atoms with van der Waals surface area (Å²) in [5.74, 6) is -1.66. The zero-order chi connectivity index (χ0) is 21.7. The molecule has 2 bridgehead atoms. The average molecular weight is 409 g/mol. The maximum Gasteiger partial charge on any atom is 0.243 e. The number of rotatable bonds is 5. The fourth-order valence-electron chi connectivity index (χ4n) is 5.24. The van der Waals surface area contributed by atoms with Crippen LogP contribution in [0.25, 0.3) is 0 Å². The van der Waals surface area contributed by atoms with Crippen LogP contribution in [0.4, 0.5) is 5.69 Å². The number of likely N-dealkylation sites (tertiary alicyclic amines) is 1. The summed E-state index contributed by atoms with van der Waals surface area (Å²) in [6.07, 6.45) is 4.90. The molecule has 0 spiro atoms. The van der Waals surface area contributed by atoms with Crippen LogP contribution in [0, 0.1) is 44.4 Å². The second kappa shape index (κ2) is 7.38. The van der Waals surface area contributed by atoms with Gasteiger partial charge in [0.2, 0.25) is 23.6 Å². The molecule has 4 amide bonds. The highest BCUT2D eigenvalue weighted by molar-refractivity contribution is 6.08. The van der Waals surface area contributed by atoms with E-state index < -0.39 is 5.91 Å². The molecule has 2 aliphatic carbocycles. The molecule has 1 saturated carbocycles. The third kappa shape index (κ3) is 3.32. The number of hydrogen-bond acceptors (Lipinski definition) is 4. The first kappa shape index (κ1) is 20.3. The summed E-state index contributed by atoms with van der Waals surface area (Å²) in [6, 6.07) is 3.97. The third-order valence-corrected chi connectivity index (χ3v) is 6.60. The minimum Gasteiger partial charge on any atom is -0.335 e.